The molecule has 0 bridgehead atoms. The maximum absolute atomic E-state index is 10.9. The number of rotatable bonds is 7. The first-order valence-corrected chi connectivity index (χ1v) is 6.72. The Morgan fingerprint density at radius 1 is 1.16 bits per heavy atom. The molecule has 0 atom stereocenters. The van der Waals surface area contributed by atoms with Gasteiger partial charge in [0.1, 0.15) is 0 Å². The Kier molecular flexibility index (Phi) is 3.27. The summed E-state index contributed by atoms with van der Waals surface area (Å²) in [5.74, 6) is 1.04. The van der Waals surface area contributed by atoms with Crippen LogP contribution < -0.4 is 9.47 Å². The fourth-order valence-electron chi connectivity index (χ4n) is 1.73. The van der Waals surface area contributed by atoms with Gasteiger partial charge >= 0.3 is 5.97 Å². The van der Waals surface area contributed by atoms with E-state index in [0.29, 0.717) is 36.7 Å². The lowest BCUT2D eigenvalue weighted by Crippen LogP contribution is -2.08. The summed E-state index contributed by atoms with van der Waals surface area (Å²) in [6.07, 6.45) is 4.77. The molecule has 0 unspecified atom stereocenters. The maximum Gasteiger partial charge on any atom is 0.354 e. The quantitative estimate of drug-likeness (QED) is 0.817. The van der Waals surface area contributed by atoms with Gasteiger partial charge in [-0.25, -0.2) is 9.78 Å². The van der Waals surface area contributed by atoms with Crippen molar-refractivity contribution >= 4 is 5.97 Å². The standard InChI is InChI=1S/C14H17NO4/c16-14(17)11-5-6-12(18-7-9-1-2-9)13(15-11)19-8-10-3-4-10/h5-6,9-10H,1-4,7-8H2,(H,16,17). The number of aromatic nitrogens is 1. The summed E-state index contributed by atoms with van der Waals surface area (Å²) in [7, 11) is 0. The highest BCUT2D eigenvalue weighted by atomic mass is 16.5. The lowest BCUT2D eigenvalue weighted by atomic mass is 10.3. The Hall–Kier alpha value is -1.78. The Bertz CT molecular complexity index is 480. The van der Waals surface area contributed by atoms with Gasteiger partial charge in [0, 0.05) is 0 Å². The summed E-state index contributed by atoms with van der Waals surface area (Å²) in [6, 6.07) is 3.09. The molecule has 5 nitrogen and oxygen atoms in total. The van der Waals surface area contributed by atoms with Crippen LogP contribution >= 0.6 is 0 Å². The molecule has 0 radical (unpaired) electrons. The van der Waals surface area contributed by atoms with Crippen molar-refractivity contribution in [3.8, 4) is 11.6 Å². The fraction of sp³-hybridized carbons (Fsp3) is 0.571. The second-order valence-electron chi connectivity index (χ2n) is 5.31. The highest BCUT2D eigenvalue weighted by molar-refractivity contribution is 5.85. The van der Waals surface area contributed by atoms with E-state index in [-0.39, 0.29) is 5.69 Å². The summed E-state index contributed by atoms with van der Waals surface area (Å²) < 4.78 is 11.3. The molecule has 1 heterocycles. The van der Waals surface area contributed by atoms with E-state index in [1.807, 2.05) is 0 Å². The smallest absolute Gasteiger partial charge is 0.354 e. The summed E-state index contributed by atoms with van der Waals surface area (Å²) in [6.45, 7) is 1.25. The van der Waals surface area contributed by atoms with Gasteiger partial charge in [0.15, 0.2) is 11.4 Å². The van der Waals surface area contributed by atoms with Gasteiger partial charge in [-0.1, -0.05) is 0 Å². The number of hydrogen-bond donors (Lipinski definition) is 1. The monoisotopic (exact) mass is 263 g/mol. The number of pyridine rings is 1. The molecule has 2 aliphatic rings. The molecular formula is C14H17NO4. The molecule has 2 saturated carbocycles. The minimum absolute atomic E-state index is 0.00966. The molecule has 5 heteroatoms. The van der Waals surface area contributed by atoms with Gasteiger partial charge in [0.25, 0.3) is 5.88 Å². The van der Waals surface area contributed by atoms with Crippen LogP contribution in [0.3, 0.4) is 0 Å². The zero-order chi connectivity index (χ0) is 13.2. The SMILES string of the molecule is O=C(O)c1ccc(OCC2CC2)c(OCC2CC2)n1. The van der Waals surface area contributed by atoms with Gasteiger partial charge in [-0.05, 0) is 49.7 Å². The maximum atomic E-state index is 10.9. The lowest BCUT2D eigenvalue weighted by Gasteiger charge is -2.11. The third-order valence-corrected chi connectivity index (χ3v) is 3.37. The van der Waals surface area contributed by atoms with E-state index in [2.05, 4.69) is 4.98 Å². The van der Waals surface area contributed by atoms with Crippen LogP contribution in [-0.2, 0) is 0 Å². The third kappa shape index (κ3) is 3.36. The van der Waals surface area contributed by atoms with Crippen molar-refractivity contribution in [3.05, 3.63) is 17.8 Å². The van der Waals surface area contributed by atoms with Crippen LogP contribution in [0.15, 0.2) is 12.1 Å². The molecule has 0 saturated heterocycles. The molecule has 1 aromatic heterocycles. The zero-order valence-corrected chi connectivity index (χ0v) is 10.7. The average Bonchev–Trinajstić information content (AvgIpc) is 3.27. The van der Waals surface area contributed by atoms with Crippen LogP contribution in [0.25, 0.3) is 0 Å². The molecule has 0 spiro atoms. The average molecular weight is 263 g/mol. The van der Waals surface area contributed by atoms with E-state index < -0.39 is 5.97 Å². The van der Waals surface area contributed by atoms with E-state index >= 15 is 0 Å². The molecule has 0 aliphatic heterocycles. The van der Waals surface area contributed by atoms with Crippen molar-refractivity contribution in [2.45, 2.75) is 25.7 Å². The number of carboxylic acid groups (broad SMARTS) is 1. The van der Waals surface area contributed by atoms with Crippen molar-refractivity contribution < 1.29 is 19.4 Å². The van der Waals surface area contributed by atoms with Crippen LogP contribution in [0.1, 0.15) is 36.2 Å². The first-order valence-electron chi connectivity index (χ1n) is 6.72. The van der Waals surface area contributed by atoms with Crippen LogP contribution in [0.4, 0.5) is 0 Å². The van der Waals surface area contributed by atoms with Gasteiger partial charge in [0.2, 0.25) is 0 Å². The molecule has 0 amide bonds. The fourth-order valence-corrected chi connectivity index (χ4v) is 1.73. The van der Waals surface area contributed by atoms with Crippen molar-refractivity contribution in [3.63, 3.8) is 0 Å². The summed E-state index contributed by atoms with van der Waals surface area (Å²) in [5.41, 5.74) is -0.00966. The number of aromatic carboxylic acids is 1. The molecule has 2 aliphatic carbocycles. The van der Waals surface area contributed by atoms with Crippen LogP contribution in [0, 0.1) is 11.8 Å². The normalized spacial score (nSPS) is 18.1. The van der Waals surface area contributed by atoms with Gasteiger partial charge in [-0.2, -0.15) is 0 Å². The van der Waals surface area contributed by atoms with Gasteiger partial charge in [-0.15, -0.1) is 0 Å². The first-order chi connectivity index (χ1) is 9.22. The Balaban J connectivity index is 1.71. The van der Waals surface area contributed by atoms with Crippen molar-refractivity contribution in [2.75, 3.05) is 13.2 Å². The van der Waals surface area contributed by atoms with Crippen molar-refractivity contribution in [1.82, 2.24) is 4.98 Å². The molecule has 2 fully saturated rings. The minimum atomic E-state index is -1.05. The summed E-state index contributed by atoms with van der Waals surface area (Å²) in [4.78, 5) is 15.0. The van der Waals surface area contributed by atoms with E-state index in [9.17, 15) is 4.79 Å². The summed E-state index contributed by atoms with van der Waals surface area (Å²) >= 11 is 0. The minimum Gasteiger partial charge on any atom is -0.488 e. The predicted octanol–water partition coefficient (Wildman–Crippen LogP) is 2.36. The Morgan fingerprint density at radius 3 is 2.37 bits per heavy atom. The van der Waals surface area contributed by atoms with Crippen LogP contribution in [-0.4, -0.2) is 29.3 Å². The van der Waals surface area contributed by atoms with E-state index in [1.165, 1.54) is 31.7 Å². The topological polar surface area (TPSA) is 68.7 Å². The summed E-state index contributed by atoms with van der Waals surface area (Å²) in [5, 5.41) is 8.96. The second-order valence-corrected chi connectivity index (χ2v) is 5.31. The Labute approximate surface area is 111 Å². The van der Waals surface area contributed by atoms with Crippen molar-refractivity contribution in [1.29, 1.82) is 0 Å². The van der Waals surface area contributed by atoms with E-state index in [1.54, 1.807) is 6.07 Å². The third-order valence-electron chi connectivity index (χ3n) is 3.37. The number of carbonyl (C=O) groups is 1. The number of ether oxygens (including phenoxy) is 2. The Morgan fingerprint density at radius 2 is 1.79 bits per heavy atom. The molecular weight excluding hydrogens is 246 g/mol. The number of hydrogen-bond acceptors (Lipinski definition) is 4. The highest BCUT2D eigenvalue weighted by Crippen LogP contribution is 2.34. The lowest BCUT2D eigenvalue weighted by molar-refractivity contribution is 0.0689. The molecule has 3 rings (SSSR count). The number of carboxylic acids is 1. The molecule has 102 valence electrons. The van der Waals surface area contributed by atoms with Crippen molar-refractivity contribution in [2.24, 2.45) is 11.8 Å². The largest absolute Gasteiger partial charge is 0.488 e. The predicted molar refractivity (Wildman–Crippen MR) is 67.6 cm³/mol. The van der Waals surface area contributed by atoms with Gasteiger partial charge in [-0.3, -0.25) is 0 Å². The molecule has 1 aromatic rings. The second kappa shape index (κ2) is 5.07. The van der Waals surface area contributed by atoms with Crippen LogP contribution in [0.2, 0.25) is 0 Å². The zero-order valence-electron chi connectivity index (χ0n) is 10.7. The first kappa shape index (κ1) is 12.3. The van der Waals surface area contributed by atoms with Gasteiger partial charge in [0.05, 0.1) is 13.2 Å². The van der Waals surface area contributed by atoms with Crippen LogP contribution in [0.5, 0.6) is 11.6 Å². The highest BCUT2D eigenvalue weighted by Gasteiger charge is 2.25. The molecule has 0 aromatic carbocycles. The van der Waals surface area contributed by atoms with Gasteiger partial charge < -0.3 is 14.6 Å². The molecule has 1 N–H and O–H groups in total. The van der Waals surface area contributed by atoms with E-state index in [4.69, 9.17) is 14.6 Å². The number of nitrogens with zero attached hydrogens (tertiary/aromatic N) is 1. The molecule has 19 heavy (non-hydrogen) atoms. The van der Waals surface area contributed by atoms with E-state index in [0.717, 1.165) is 0 Å².